The number of hydrogen-bond donors (Lipinski definition) is 1. The number of nitrogens with zero attached hydrogens (tertiary/aromatic N) is 2. The van der Waals surface area contributed by atoms with Gasteiger partial charge in [0.15, 0.2) is 0 Å². The number of ether oxygens (including phenoxy) is 1. The Balaban J connectivity index is 1.63. The van der Waals surface area contributed by atoms with Gasteiger partial charge in [-0.1, -0.05) is 27.7 Å². The second-order valence-corrected chi connectivity index (χ2v) is 6.31. The highest BCUT2D eigenvalue weighted by Gasteiger charge is 2.10. The number of benzene rings is 1. The maximum absolute atomic E-state index is 11.8. The molecular formula is C14H13Cl2N3O3S. The predicted octanol–water partition coefficient (Wildman–Crippen LogP) is 3.10. The van der Waals surface area contributed by atoms with Gasteiger partial charge in [-0.05, 0) is 30.7 Å². The largest absolute Gasteiger partial charge is 0.459 e. The van der Waals surface area contributed by atoms with Gasteiger partial charge in [-0.25, -0.2) is 0 Å². The molecule has 1 N–H and O–H groups in total. The van der Waals surface area contributed by atoms with Gasteiger partial charge in [-0.15, -0.1) is 5.10 Å². The van der Waals surface area contributed by atoms with E-state index in [1.54, 1.807) is 24.3 Å². The predicted molar refractivity (Wildman–Crippen MR) is 87.7 cm³/mol. The molecule has 2 aromatic rings. The maximum Gasteiger partial charge on any atom is 0.306 e. The molecular weight excluding hydrogens is 361 g/mol. The van der Waals surface area contributed by atoms with Crippen molar-refractivity contribution in [1.82, 2.24) is 14.9 Å². The summed E-state index contributed by atoms with van der Waals surface area (Å²) in [6, 6.07) is 6.56. The summed E-state index contributed by atoms with van der Waals surface area (Å²) in [6.45, 7) is 0.376. The molecule has 0 atom stereocenters. The minimum atomic E-state index is -0.380. The maximum atomic E-state index is 11.8. The fraction of sp³-hybridized carbons (Fsp3) is 0.286. The first-order chi connectivity index (χ1) is 11.1. The van der Waals surface area contributed by atoms with Gasteiger partial charge in [0.2, 0.25) is 0 Å². The summed E-state index contributed by atoms with van der Waals surface area (Å²) >= 11 is 12.6. The standard InChI is InChI=1S/C14H13Cl2N3O3S/c15-10-5-3-9(4-6-10)14(21)17-7-1-2-12(20)22-8-11-13(16)23-19-18-11/h3-6H,1-2,7-8H2,(H,17,21). The third kappa shape index (κ3) is 5.78. The molecule has 0 radical (unpaired) electrons. The lowest BCUT2D eigenvalue weighted by atomic mass is 10.2. The number of rotatable bonds is 7. The molecule has 0 fully saturated rings. The van der Waals surface area contributed by atoms with E-state index in [-0.39, 0.29) is 24.9 Å². The number of hydrogen-bond acceptors (Lipinski definition) is 6. The summed E-state index contributed by atoms with van der Waals surface area (Å²) in [6.07, 6.45) is 0.664. The minimum Gasteiger partial charge on any atom is -0.459 e. The first-order valence-electron chi connectivity index (χ1n) is 6.72. The monoisotopic (exact) mass is 373 g/mol. The van der Waals surface area contributed by atoms with E-state index in [1.807, 2.05) is 0 Å². The zero-order valence-electron chi connectivity index (χ0n) is 11.9. The van der Waals surface area contributed by atoms with Crippen molar-refractivity contribution >= 4 is 46.6 Å². The fourth-order valence-electron chi connectivity index (χ4n) is 1.64. The van der Waals surface area contributed by atoms with E-state index in [4.69, 9.17) is 27.9 Å². The van der Waals surface area contributed by atoms with Crippen LogP contribution in [0.2, 0.25) is 9.36 Å². The van der Waals surface area contributed by atoms with Crippen molar-refractivity contribution < 1.29 is 14.3 Å². The van der Waals surface area contributed by atoms with Crippen molar-refractivity contribution in [3.8, 4) is 0 Å². The Bertz CT molecular complexity index is 676. The second kappa shape index (κ2) is 8.81. The van der Waals surface area contributed by atoms with E-state index in [0.29, 0.717) is 33.6 Å². The van der Waals surface area contributed by atoms with Crippen molar-refractivity contribution in [3.05, 3.63) is 44.9 Å². The summed E-state index contributed by atoms with van der Waals surface area (Å²) in [5.74, 6) is -0.592. The van der Waals surface area contributed by atoms with Crippen LogP contribution in [0.1, 0.15) is 28.9 Å². The average molecular weight is 374 g/mol. The van der Waals surface area contributed by atoms with E-state index in [1.165, 1.54) is 0 Å². The molecule has 0 aliphatic heterocycles. The number of carbonyl (C=O) groups is 2. The molecule has 9 heteroatoms. The van der Waals surface area contributed by atoms with Crippen LogP contribution in [0.25, 0.3) is 0 Å². The van der Waals surface area contributed by atoms with Crippen LogP contribution in [0.15, 0.2) is 24.3 Å². The molecule has 0 saturated heterocycles. The molecule has 0 aliphatic carbocycles. The van der Waals surface area contributed by atoms with E-state index < -0.39 is 0 Å². The van der Waals surface area contributed by atoms with Crippen molar-refractivity contribution in [2.24, 2.45) is 0 Å². The van der Waals surface area contributed by atoms with Gasteiger partial charge in [0.05, 0.1) is 0 Å². The molecule has 23 heavy (non-hydrogen) atoms. The van der Waals surface area contributed by atoms with Crippen LogP contribution in [0.5, 0.6) is 0 Å². The number of halogens is 2. The molecule has 6 nitrogen and oxygen atoms in total. The lowest BCUT2D eigenvalue weighted by molar-refractivity contribution is -0.145. The first-order valence-corrected chi connectivity index (χ1v) is 8.25. The van der Waals surface area contributed by atoms with Crippen molar-refractivity contribution in [2.45, 2.75) is 19.4 Å². The van der Waals surface area contributed by atoms with Crippen LogP contribution in [0.3, 0.4) is 0 Å². The Morgan fingerprint density at radius 1 is 1.22 bits per heavy atom. The van der Waals surface area contributed by atoms with Crippen molar-refractivity contribution in [1.29, 1.82) is 0 Å². The van der Waals surface area contributed by atoms with Crippen molar-refractivity contribution in [3.63, 3.8) is 0 Å². The summed E-state index contributed by atoms with van der Waals surface area (Å²) in [5, 5.41) is 7.03. The molecule has 0 saturated carbocycles. The molecule has 1 amide bonds. The number of aromatic nitrogens is 2. The quantitative estimate of drug-likeness (QED) is 0.595. The molecule has 0 bridgehead atoms. The Morgan fingerprint density at radius 2 is 1.96 bits per heavy atom. The molecule has 0 unspecified atom stereocenters. The second-order valence-electron chi connectivity index (χ2n) is 4.52. The zero-order chi connectivity index (χ0) is 16.7. The smallest absolute Gasteiger partial charge is 0.306 e. The van der Waals surface area contributed by atoms with Crippen LogP contribution in [0.4, 0.5) is 0 Å². The molecule has 2 rings (SSSR count). The first kappa shape index (κ1) is 17.7. The van der Waals surface area contributed by atoms with Crippen LogP contribution in [0, 0.1) is 0 Å². The SMILES string of the molecule is O=C(CCCNC(=O)c1ccc(Cl)cc1)OCc1nnsc1Cl. The molecule has 0 spiro atoms. The van der Waals surface area contributed by atoms with Gasteiger partial charge in [-0.2, -0.15) is 0 Å². The third-order valence-corrected chi connectivity index (χ3v) is 4.07. The minimum absolute atomic E-state index is 0.00526. The fourth-order valence-corrected chi connectivity index (χ4v) is 2.37. The molecule has 0 aliphatic rings. The van der Waals surface area contributed by atoms with Crippen LogP contribution < -0.4 is 5.32 Å². The highest BCUT2D eigenvalue weighted by Crippen LogP contribution is 2.17. The average Bonchev–Trinajstić information content (AvgIpc) is 2.95. The van der Waals surface area contributed by atoms with Gasteiger partial charge in [0.25, 0.3) is 5.91 Å². The van der Waals surface area contributed by atoms with E-state index in [9.17, 15) is 9.59 Å². The van der Waals surface area contributed by atoms with Gasteiger partial charge in [0, 0.05) is 35.1 Å². The van der Waals surface area contributed by atoms with Gasteiger partial charge in [0.1, 0.15) is 16.6 Å². The molecule has 1 aromatic heterocycles. The number of amides is 1. The van der Waals surface area contributed by atoms with Crippen molar-refractivity contribution in [2.75, 3.05) is 6.54 Å². The summed E-state index contributed by atoms with van der Waals surface area (Å²) in [4.78, 5) is 23.4. The lowest BCUT2D eigenvalue weighted by Gasteiger charge is -2.06. The van der Waals surface area contributed by atoms with Crippen LogP contribution >= 0.6 is 34.7 Å². The zero-order valence-corrected chi connectivity index (χ0v) is 14.2. The van der Waals surface area contributed by atoms with Crippen LogP contribution in [-0.2, 0) is 16.1 Å². The molecule has 1 aromatic carbocycles. The molecule has 1 heterocycles. The Kier molecular flexibility index (Phi) is 6.76. The lowest BCUT2D eigenvalue weighted by Crippen LogP contribution is -2.25. The van der Waals surface area contributed by atoms with E-state index in [2.05, 4.69) is 14.9 Å². The van der Waals surface area contributed by atoms with E-state index in [0.717, 1.165) is 11.5 Å². The van der Waals surface area contributed by atoms with Gasteiger partial charge >= 0.3 is 5.97 Å². The van der Waals surface area contributed by atoms with Gasteiger partial charge in [-0.3, -0.25) is 9.59 Å². The highest BCUT2D eigenvalue weighted by atomic mass is 35.5. The summed E-state index contributed by atoms with van der Waals surface area (Å²) in [7, 11) is 0. The number of esters is 1. The topological polar surface area (TPSA) is 81.2 Å². The normalized spacial score (nSPS) is 10.3. The Morgan fingerprint density at radius 3 is 2.61 bits per heavy atom. The summed E-state index contributed by atoms with van der Waals surface area (Å²) in [5.41, 5.74) is 0.962. The third-order valence-electron chi connectivity index (χ3n) is 2.83. The van der Waals surface area contributed by atoms with Crippen LogP contribution in [-0.4, -0.2) is 28.0 Å². The van der Waals surface area contributed by atoms with E-state index >= 15 is 0 Å². The number of nitrogens with one attached hydrogen (secondary N) is 1. The Hall–Kier alpha value is -1.70. The molecule has 122 valence electrons. The highest BCUT2D eigenvalue weighted by molar-refractivity contribution is 7.10. The van der Waals surface area contributed by atoms with Gasteiger partial charge < -0.3 is 10.1 Å². The number of carbonyl (C=O) groups excluding carboxylic acids is 2. The Labute approximate surface area is 146 Å². The summed E-state index contributed by atoms with van der Waals surface area (Å²) < 4.78 is 9.08.